The first-order valence-electron chi connectivity index (χ1n) is 4.26. The van der Waals surface area contributed by atoms with E-state index in [4.69, 9.17) is 9.47 Å². The van der Waals surface area contributed by atoms with E-state index in [1.54, 1.807) is 6.08 Å². The van der Waals surface area contributed by atoms with Crippen molar-refractivity contribution >= 4 is 35.5 Å². The Morgan fingerprint density at radius 1 is 1.43 bits per heavy atom. The van der Waals surface area contributed by atoms with Gasteiger partial charge in [-0.15, -0.1) is 6.58 Å². The summed E-state index contributed by atoms with van der Waals surface area (Å²) in [5.74, 6) is -0.360. The standard InChI is InChI=1S/C10H16O3.Na.H/c1-4-7-9(12-6-3)10(11)13-8-5-2;;/h4-5,9H,1-2,6-8H2,3H3;;. The fourth-order valence-electron chi connectivity index (χ4n) is 0.819. The zero-order valence-corrected chi connectivity index (χ0v) is 7.99. The van der Waals surface area contributed by atoms with Crippen molar-refractivity contribution in [2.75, 3.05) is 13.2 Å². The summed E-state index contributed by atoms with van der Waals surface area (Å²) >= 11 is 0. The molecule has 0 bridgehead atoms. The summed E-state index contributed by atoms with van der Waals surface area (Å²) in [5, 5.41) is 0. The molecule has 0 aliphatic carbocycles. The van der Waals surface area contributed by atoms with E-state index in [2.05, 4.69) is 13.2 Å². The molecule has 0 spiro atoms. The molecule has 0 aromatic carbocycles. The predicted molar refractivity (Wildman–Crippen MR) is 58.5 cm³/mol. The molecule has 1 atom stereocenters. The molecule has 14 heavy (non-hydrogen) atoms. The molecule has 3 nitrogen and oxygen atoms in total. The van der Waals surface area contributed by atoms with Crippen LogP contribution in [-0.4, -0.2) is 54.8 Å². The van der Waals surface area contributed by atoms with E-state index in [1.807, 2.05) is 6.92 Å². The van der Waals surface area contributed by atoms with Gasteiger partial charge >= 0.3 is 35.5 Å². The van der Waals surface area contributed by atoms with E-state index in [9.17, 15) is 4.79 Å². The molecule has 0 radical (unpaired) electrons. The van der Waals surface area contributed by atoms with Crippen LogP contribution in [-0.2, 0) is 14.3 Å². The number of esters is 1. The molecule has 0 aliphatic rings. The predicted octanol–water partition coefficient (Wildman–Crippen LogP) is 1.05. The molecule has 0 saturated carbocycles. The molecule has 76 valence electrons. The van der Waals surface area contributed by atoms with Crippen LogP contribution in [0.25, 0.3) is 0 Å². The fraction of sp³-hybridized carbons (Fsp3) is 0.500. The van der Waals surface area contributed by atoms with Gasteiger partial charge in [-0.2, -0.15) is 0 Å². The molecule has 0 aromatic rings. The van der Waals surface area contributed by atoms with E-state index >= 15 is 0 Å². The van der Waals surface area contributed by atoms with Crippen LogP contribution in [0, 0.1) is 0 Å². The van der Waals surface area contributed by atoms with Crippen molar-refractivity contribution in [3.05, 3.63) is 25.3 Å². The summed E-state index contributed by atoms with van der Waals surface area (Å²) in [6.07, 6.45) is 3.11. The molecule has 0 N–H and O–H groups in total. The van der Waals surface area contributed by atoms with Gasteiger partial charge in [0.2, 0.25) is 0 Å². The minimum absolute atomic E-state index is 0. The van der Waals surface area contributed by atoms with Crippen molar-refractivity contribution in [3.63, 3.8) is 0 Å². The normalized spacial score (nSPS) is 10.9. The first-order chi connectivity index (χ1) is 6.26. The summed E-state index contributed by atoms with van der Waals surface area (Å²) in [6, 6.07) is 0. The first-order valence-corrected chi connectivity index (χ1v) is 4.26. The van der Waals surface area contributed by atoms with Gasteiger partial charge in [-0.3, -0.25) is 0 Å². The van der Waals surface area contributed by atoms with Crippen molar-refractivity contribution in [1.82, 2.24) is 0 Å². The number of carbonyl (C=O) groups excluding carboxylic acids is 1. The monoisotopic (exact) mass is 208 g/mol. The van der Waals surface area contributed by atoms with Gasteiger partial charge in [-0.1, -0.05) is 18.7 Å². The first kappa shape index (κ1) is 16.3. The molecule has 0 rings (SSSR count). The molecule has 1 unspecified atom stereocenters. The summed E-state index contributed by atoms with van der Waals surface area (Å²) in [4.78, 5) is 11.2. The van der Waals surface area contributed by atoms with Gasteiger partial charge in [-0.25, -0.2) is 4.79 Å². The quantitative estimate of drug-likeness (QED) is 0.356. The number of carbonyl (C=O) groups is 1. The van der Waals surface area contributed by atoms with E-state index in [0.717, 1.165) is 0 Å². The average molecular weight is 208 g/mol. The van der Waals surface area contributed by atoms with E-state index in [-0.39, 0.29) is 42.1 Å². The second-order valence-electron chi connectivity index (χ2n) is 2.39. The number of hydrogen-bond acceptors (Lipinski definition) is 3. The molecule has 0 heterocycles. The van der Waals surface area contributed by atoms with Crippen LogP contribution >= 0.6 is 0 Å². The molecule has 0 aromatic heterocycles. The zero-order chi connectivity index (χ0) is 10.1. The van der Waals surface area contributed by atoms with Crippen LogP contribution in [0.5, 0.6) is 0 Å². The van der Waals surface area contributed by atoms with Crippen molar-refractivity contribution in [3.8, 4) is 0 Å². The Kier molecular flexibility index (Phi) is 12.8. The number of ether oxygens (including phenoxy) is 2. The summed E-state index contributed by atoms with van der Waals surface area (Å²) < 4.78 is 9.99. The van der Waals surface area contributed by atoms with E-state index in [0.29, 0.717) is 13.0 Å². The van der Waals surface area contributed by atoms with Crippen molar-refractivity contribution in [2.24, 2.45) is 0 Å². The summed E-state index contributed by atoms with van der Waals surface area (Å²) in [7, 11) is 0. The Labute approximate surface area is 107 Å². The Bertz CT molecular complexity index is 180. The van der Waals surface area contributed by atoms with Gasteiger partial charge in [-0.05, 0) is 6.92 Å². The second kappa shape index (κ2) is 11.0. The van der Waals surface area contributed by atoms with Crippen LogP contribution in [0.4, 0.5) is 0 Å². The molecule has 0 fully saturated rings. The maximum atomic E-state index is 11.2. The third kappa shape index (κ3) is 7.33. The van der Waals surface area contributed by atoms with Crippen LogP contribution in [0.1, 0.15) is 13.3 Å². The van der Waals surface area contributed by atoms with Gasteiger partial charge in [0.1, 0.15) is 6.61 Å². The van der Waals surface area contributed by atoms with Crippen LogP contribution in [0.3, 0.4) is 0 Å². The SMILES string of the molecule is C=CCOC(=O)C(CC=C)OCC.[NaH]. The van der Waals surface area contributed by atoms with Crippen molar-refractivity contribution in [2.45, 2.75) is 19.4 Å². The van der Waals surface area contributed by atoms with Crippen molar-refractivity contribution in [1.29, 1.82) is 0 Å². The molecule has 4 heteroatoms. The number of rotatable bonds is 7. The van der Waals surface area contributed by atoms with Gasteiger partial charge in [0.15, 0.2) is 6.10 Å². The van der Waals surface area contributed by atoms with Gasteiger partial charge in [0, 0.05) is 13.0 Å². The Hall–Kier alpha value is -0.0900. The molecule has 0 aliphatic heterocycles. The van der Waals surface area contributed by atoms with Crippen LogP contribution < -0.4 is 0 Å². The third-order valence-corrected chi connectivity index (χ3v) is 1.35. The third-order valence-electron chi connectivity index (χ3n) is 1.35. The van der Waals surface area contributed by atoms with Crippen molar-refractivity contribution < 1.29 is 14.3 Å². The topological polar surface area (TPSA) is 35.5 Å². The van der Waals surface area contributed by atoms with Crippen LogP contribution in [0.15, 0.2) is 25.3 Å². The number of hydrogen-bond donors (Lipinski definition) is 0. The minimum atomic E-state index is -0.526. The van der Waals surface area contributed by atoms with Gasteiger partial charge in [0.25, 0.3) is 0 Å². The van der Waals surface area contributed by atoms with Gasteiger partial charge < -0.3 is 9.47 Å². The zero-order valence-electron chi connectivity index (χ0n) is 7.99. The van der Waals surface area contributed by atoms with E-state index in [1.165, 1.54) is 6.08 Å². The second-order valence-corrected chi connectivity index (χ2v) is 2.39. The fourth-order valence-corrected chi connectivity index (χ4v) is 0.819. The Balaban J connectivity index is 0. The maximum absolute atomic E-state index is 11.2. The molecular formula is C10H17NaO3. The molecular weight excluding hydrogens is 191 g/mol. The summed E-state index contributed by atoms with van der Waals surface area (Å²) in [5.41, 5.74) is 0. The van der Waals surface area contributed by atoms with Gasteiger partial charge in [0.05, 0.1) is 0 Å². The Morgan fingerprint density at radius 3 is 2.50 bits per heavy atom. The van der Waals surface area contributed by atoms with Crippen LogP contribution in [0.2, 0.25) is 0 Å². The average Bonchev–Trinajstić information content (AvgIpc) is 2.14. The van der Waals surface area contributed by atoms with E-state index < -0.39 is 6.10 Å². The molecule has 0 saturated heterocycles. The Morgan fingerprint density at radius 2 is 2.07 bits per heavy atom. The summed E-state index contributed by atoms with van der Waals surface area (Å²) in [6.45, 7) is 9.52. The molecule has 0 amide bonds.